The molecule has 9 heteroatoms. The van der Waals surface area contributed by atoms with Crippen molar-refractivity contribution in [2.24, 2.45) is 5.92 Å². The molecular formula is C19H20N3NaO5. The number of benzene rings is 1. The molecule has 1 aromatic rings. The van der Waals surface area contributed by atoms with Crippen molar-refractivity contribution < 1.29 is 54.2 Å². The van der Waals surface area contributed by atoms with Crippen LogP contribution in [0.3, 0.4) is 0 Å². The molecule has 3 aliphatic rings. The Balaban J connectivity index is 0.00000225. The van der Waals surface area contributed by atoms with E-state index in [2.05, 4.69) is 0 Å². The molecule has 3 heterocycles. The molecule has 2 fully saturated rings. The molecule has 1 aromatic carbocycles. The van der Waals surface area contributed by atoms with E-state index in [-0.39, 0.29) is 53.2 Å². The fraction of sp³-hybridized carbons (Fsp3) is 0.421. The SMILES string of the molecule is C[C@@H](O)[C@@H]1C(=O)N2C(C(=O)[O-])=C(c3ccc(N4CCN(C)C4=O)cc3)C[C@H]12.[Na+]. The van der Waals surface area contributed by atoms with E-state index in [9.17, 15) is 24.6 Å². The average Bonchev–Trinajstić information content (AvgIpc) is 3.13. The van der Waals surface area contributed by atoms with Gasteiger partial charge in [-0.25, -0.2) is 4.79 Å². The van der Waals surface area contributed by atoms with Crippen molar-refractivity contribution in [2.75, 3.05) is 25.0 Å². The fourth-order valence-corrected chi connectivity index (χ4v) is 4.25. The first-order chi connectivity index (χ1) is 12.8. The van der Waals surface area contributed by atoms with E-state index in [1.165, 1.54) is 11.8 Å². The Morgan fingerprint density at radius 3 is 2.36 bits per heavy atom. The Bertz CT molecular complexity index is 867. The van der Waals surface area contributed by atoms with Crippen LogP contribution < -0.4 is 39.6 Å². The standard InChI is InChI=1S/C19H21N3O5.Na/c1-10(23)15-14-9-13(16(18(25)26)22(14)17(15)24)11-3-5-12(6-4-11)21-8-7-20(2)19(21)27;/h3-6,10,14-15,23H,7-9H2,1-2H3,(H,25,26);/q;+1/p-1/t10-,14-,15+;/m1./s1. The first kappa shape index (κ1) is 20.9. The largest absolute Gasteiger partial charge is 1.00 e. The van der Waals surface area contributed by atoms with Gasteiger partial charge in [0.2, 0.25) is 5.91 Å². The van der Waals surface area contributed by atoms with Gasteiger partial charge in [0.25, 0.3) is 0 Å². The predicted octanol–water partition coefficient (Wildman–Crippen LogP) is -3.37. The molecule has 0 saturated carbocycles. The Hall–Kier alpha value is -1.87. The Labute approximate surface area is 184 Å². The van der Waals surface area contributed by atoms with Crippen molar-refractivity contribution in [3.05, 3.63) is 35.5 Å². The van der Waals surface area contributed by atoms with Crippen LogP contribution in [-0.2, 0) is 9.59 Å². The zero-order valence-corrected chi connectivity index (χ0v) is 18.1. The summed E-state index contributed by atoms with van der Waals surface area (Å²) in [6.07, 6.45) is -0.475. The van der Waals surface area contributed by atoms with E-state index in [1.54, 1.807) is 41.1 Å². The number of rotatable bonds is 4. The second kappa shape index (κ2) is 7.51. The summed E-state index contributed by atoms with van der Waals surface area (Å²) in [6.45, 7) is 2.79. The normalized spacial score (nSPS) is 24.9. The number of fused-ring (bicyclic) bond motifs is 1. The van der Waals surface area contributed by atoms with Gasteiger partial charge in [-0.1, -0.05) is 12.1 Å². The zero-order valence-electron chi connectivity index (χ0n) is 16.1. The van der Waals surface area contributed by atoms with E-state index >= 15 is 0 Å². The van der Waals surface area contributed by atoms with E-state index in [0.717, 1.165) is 5.69 Å². The number of aliphatic carboxylic acids is 1. The van der Waals surface area contributed by atoms with Crippen molar-refractivity contribution in [3.63, 3.8) is 0 Å². The third-order valence-electron chi connectivity index (χ3n) is 5.67. The molecule has 0 aromatic heterocycles. The van der Waals surface area contributed by atoms with E-state index in [1.807, 2.05) is 0 Å². The van der Waals surface area contributed by atoms with Gasteiger partial charge in [-0.05, 0) is 36.6 Å². The van der Waals surface area contributed by atoms with Crippen LogP contribution in [0, 0.1) is 5.92 Å². The van der Waals surface area contributed by atoms with Gasteiger partial charge in [-0.2, -0.15) is 0 Å². The summed E-state index contributed by atoms with van der Waals surface area (Å²) in [5.41, 5.74) is 1.81. The van der Waals surface area contributed by atoms with Gasteiger partial charge in [0.05, 0.1) is 29.7 Å². The summed E-state index contributed by atoms with van der Waals surface area (Å²) in [4.78, 5) is 40.6. The Morgan fingerprint density at radius 1 is 1.21 bits per heavy atom. The quantitative estimate of drug-likeness (QED) is 0.425. The number of carboxylic acid groups (broad SMARTS) is 1. The first-order valence-corrected chi connectivity index (χ1v) is 8.90. The van der Waals surface area contributed by atoms with Crippen LogP contribution in [0.2, 0.25) is 0 Å². The summed E-state index contributed by atoms with van der Waals surface area (Å²) in [5.74, 6) is -2.37. The van der Waals surface area contributed by atoms with Crippen LogP contribution in [0.25, 0.3) is 5.57 Å². The molecule has 2 saturated heterocycles. The summed E-state index contributed by atoms with van der Waals surface area (Å²) < 4.78 is 0. The molecular weight excluding hydrogens is 373 g/mol. The molecule has 0 radical (unpaired) electrons. The molecule has 4 rings (SSSR count). The van der Waals surface area contributed by atoms with Gasteiger partial charge in [-0.3, -0.25) is 9.69 Å². The maximum Gasteiger partial charge on any atom is 1.00 e. The van der Waals surface area contributed by atoms with Crippen molar-refractivity contribution in [2.45, 2.75) is 25.5 Å². The average molecular weight is 393 g/mol. The molecule has 142 valence electrons. The van der Waals surface area contributed by atoms with Gasteiger partial charge in [0.1, 0.15) is 0 Å². The minimum absolute atomic E-state index is 0. The molecule has 0 aliphatic carbocycles. The van der Waals surface area contributed by atoms with Gasteiger partial charge < -0.3 is 24.8 Å². The second-order valence-electron chi connectivity index (χ2n) is 7.26. The van der Waals surface area contributed by atoms with E-state index in [0.29, 0.717) is 30.6 Å². The van der Waals surface area contributed by atoms with Crippen LogP contribution in [0.5, 0.6) is 0 Å². The van der Waals surface area contributed by atoms with Gasteiger partial charge in [0, 0.05) is 25.8 Å². The van der Waals surface area contributed by atoms with Gasteiger partial charge in [0.15, 0.2) is 0 Å². The number of hydrogen-bond acceptors (Lipinski definition) is 5. The summed E-state index contributed by atoms with van der Waals surface area (Å²) in [5, 5.41) is 21.5. The number of β-lactam (4-membered cyclic amide) rings is 1. The van der Waals surface area contributed by atoms with E-state index in [4.69, 9.17) is 0 Å². The number of likely N-dealkylation sites (N-methyl/N-ethyl adjacent to an activating group) is 1. The molecule has 0 unspecified atom stereocenters. The van der Waals surface area contributed by atoms with Crippen molar-refractivity contribution >= 4 is 29.2 Å². The molecule has 3 amide bonds. The number of amides is 3. The topological polar surface area (TPSA) is 104 Å². The summed E-state index contributed by atoms with van der Waals surface area (Å²) in [6, 6.07) is 6.63. The molecule has 0 bridgehead atoms. The number of urea groups is 1. The van der Waals surface area contributed by atoms with Crippen LogP contribution in [0.15, 0.2) is 30.0 Å². The van der Waals surface area contributed by atoms with Crippen LogP contribution in [-0.4, -0.2) is 65.1 Å². The monoisotopic (exact) mass is 393 g/mol. The van der Waals surface area contributed by atoms with Gasteiger partial charge >= 0.3 is 35.6 Å². The Kier molecular flexibility index (Phi) is 5.60. The third kappa shape index (κ3) is 3.04. The molecule has 3 aliphatic heterocycles. The molecule has 28 heavy (non-hydrogen) atoms. The third-order valence-corrected chi connectivity index (χ3v) is 5.67. The minimum Gasteiger partial charge on any atom is -0.543 e. The summed E-state index contributed by atoms with van der Waals surface area (Å²) in [7, 11) is 1.74. The number of nitrogens with zero attached hydrogens (tertiary/aromatic N) is 3. The number of carbonyl (C=O) groups is 3. The van der Waals surface area contributed by atoms with Gasteiger partial charge in [-0.15, -0.1) is 0 Å². The number of aliphatic hydroxyl groups excluding tert-OH is 1. The van der Waals surface area contributed by atoms with Crippen LogP contribution in [0.4, 0.5) is 10.5 Å². The maximum atomic E-state index is 12.3. The maximum absolute atomic E-state index is 12.3. The van der Waals surface area contributed by atoms with Crippen molar-refractivity contribution in [1.29, 1.82) is 0 Å². The number of carbonyl (C=O) groups excluding carboxylic acids is 3. The molecule has 1 N–H and O–H groups in total. The van der Waals surface area contributed by atoms with Crippen LogP contribution in [0.1, 0.15) is 18.9 Å². The summed E-state index contributed by atoms with van der Waals surface area (Å²) >= 11 is 0. The number of hydrogen-bond donors (Lipinski definition) is 1. The molecule has 3 atom stereocenters. The second-order valence-corrected chi connectivity index (χ2v) is 7.26. The number of aliphatic hydroxyl groups is 1. The Morgan fingerprint density at radius 2 is 1.86 bits per heavy atom. The first-order valence-electron chi connectivity index (χ1n) is 8.90. The van der Waals surface area contributed by atoms with Crippen molar-refractivity contribution in [1.82, 2.24) is 9.80 Å². The minimum atomic E-state index is -1.40. The number of carboxylic acids is 1. The fourth-order valence-electron chi connectivity index (χ4n) is 4.25. The van der Waals surface area contributed by atoms with E-state index < -0.39 is 18.0 Å². The smallest absolute Gasteiger partial charge is 0.543 e. The molecule has 8 nitrogen and oxygen atoms in total. The number of anilines is 1. The molecule has 0 spiro atoms. The van der Waals surface area contributed by atoms with Crippen LogP contribution >= 0.6 is 0 Å². The predicted molar refractivity (Wildman–Crippen MR) is 94.2 cm³/mol. The van der Waals surface area contributed by atoms with Crippen molar-refractivity contribution in [3.8, 4) is 0 Å². The zero-order chi connectivity index (χ0) is 19.5.